The molecule has 1 atom stereocenters. The van der Waals surface area contributed by atoms with E-state index in [2.05, 4.69) is 20.0 Å². The van der Waals surface area contributed by atoms with Crippen LogP contribution in [-0.2, 0) is 11.3 Å². The molecule has 8 heteroatoms. The molecule has 0 aliphatic carbocycles. The molecule has 7 nitrogen and oxygen atoms in total. The zero-order valence-corrected chi connectivity index (χ0v) is 13.4. The first-order chi connectivity index (χ1) is 10.7. The molecule has 0 radical (unpaired) electrons. The highest BCUT2D eigenvalue weighted by atomic mass is 32.1. The maximum Gasteiger partial charge on any atom is 0.242 e. The molecular weight excluding hydrogens is 300 g/mol. The van der Waals surface area contributed by atoms with E-state index in [0.29, 0.717) is 12.5 Å². The van der Waals surface area contributed by atoms with E-state index in [4.69, 9.17) is 0 Å². The molecule has 0 spiro atoms. The lowest BCUT2D eigenvalue weighted by molar-refractivity contribution is -0.119. The van der Waals surface area contributed by atoms with Crippen LogP contribution in [0.2, 0.25) is 0 Å². The van der Waals surface area contributed by atoms with Crippen LogP contribution in [0.3, 0.4) is 0 Å². The van der Waals surface area contributed by atoms with Crippen molar-refractivity contribution in [2.75, 3.05) is 31.6 Å². The van der Waals surface area contributed by atoms with Crippen molar-refractivity contribution in [3.8, 4) is 0 Å². The summed E-state index contributed by atoms with van der Waals surface area (Å²) in [6, 6.07) is 0. The number of nitrogens with zero attached hydrogens (tertiary/aromatic N) is 6. The number of piperidine rings is 1. The maximum atomic E-state index is 12.4. The molecule has 0 bridgehead atoms. The van der Waals surface area contributed by atoms with Crippen LogP contribution in [0.5, 0.6) is 0 Å². The molecule has 0 aromatic carbocycles. The van der Waals surface area contributed by atoms with Crippen molar-refractivity contribution in [1.29, 1.82) is 0 Å². The quantitative estimate of drug-likeness (QED) is 0.825. The summed E-state index contributed by atoms with van der Waals surface area (Å²) in [4.78, 5) is 24.4. The number of likely N-dealkylation sites (N-methyl/N-ethyl adjacent to an activating group) is 1. The molecule has 2 aromatic rings. The van der Waals surface area contributed by atoms with E-state index in [-0.39, 0.29) is 5.91 Å². The molecule has 1 saturated heterocycles. The predicted octanol–water partition coefficient (Wildman–Crippen LogP) is 1.11. The van der Waals surface area contributed by atoms with Gasteiger partial charge >= 0.3 is 0 Å². The van der Waals surface area contributed by atoms with Gasteiger partial charge in [0.05, 0.1) is 6.54 Å². The summed E-state index contributed by atoms with van der Waals surface area (Å²) in [7, 11) is 1.79. The van der Waals surface area contributed by atoms with Gasteiger partial charge in [-0.05, 0) is 25.3 Å². The Morgan fingerprint density at radius 3 is 3.18 bits per heavy atom. The van der Waals surface area contributed by atoms with Crippen molar-refractivity contribution < 1.29 is 4.79 Å². The van der Waals surface area contributed by atoms with Crippen molar-refractivity contribution in [3.63, 3.8) is 0 Å². The van der Waals surface area contributed by atoms with Gasteiger partial charge < -0.3 is 0 Å². The fourth-order valence-corrected chi connectivity index (χ4v) is 3.45. The van der Waals surface area contributed by atoms with E-state index in [1.165, 1.54) is 17.8 Å². The lowest BCUT2D eigenvalue weighted by Crippen LogP contribution is -2.44. The minimum atomic E-state index is 0.0938. The van der Waals surface area contributed by atoms with E-state index in [1.807, 2.05) is 10.1 Å². The summed E-state index contributed by atoms with van der Waals surface area (Å²) in [6.45, 7) is 3.22. The standard InChI is InChI=1S/C14H20N6OS/c1-18(14-16-4-6-22-14)13(21)9-19-5-2-3-12(7-19)8-20-11-15-10-17-20/h4,6,10-12H,2-3,5,7-9H2,1H3/t12-/m1/s1. The minimum absolute atomic E-state index is 0.0938. The van der Waals surface area contributed by atoms with Gasteiger partial charge in [0.25, 0.3) is 0 Å². The number of thiazole rings is 1. The van der Waals surface area contributed by atoms with Crippen LogP contribution >= 0.6 is 11.3 Å². The van der Waals surface area contributed by atoms with Crippen LogP contribution in [0.1, 0.15) is 12.8 Å². The van der Waals surface area contributed by atoms with Gasteiger partial charge in [0, 0.05) is 31.7 Å². The normalized spacial score (nSPS) is 19.2. The van der Waals surface area contributed by atoms with E-state index in [9.17, 15) is 4.79 Å². The van der Waals surface area contributed by atoms with E-state index < -0.39 is 0 Å². The van der Waals surface area contributed by atoms with Gasteiger partial charge in [0.2, 0.25) is 5.91 Å². The second-order valence-electron chi connectivity index (χ2n) is 5.63. The molecule has 22 heavy (non-hydrogen) atoms. The van der Waals surface area contributed by atoms with Gasteiger partial charge in [-0.3, -0.25) is 19.3 Å². The number of carbonyl (C=O) groups is 1. The summed E-state index contributed by atoms with van der Waals surface area (Å²) < 4.78 is 1.87. The van der Waals surface area contributed by atoms with Crippen molar-refractivity contribution in [2.45, 2.75) is 19.4 Å². The van der Waals surface area contributed by atoms with E-state index in [1.54, 1.807) is 30.8 Å². The van der Waals surface area contributed by atoms with E-state index in [0.717, 1.165) is 31.2 Å². The summed E-state index contributed by atoms with van der Waals surface area (Å²) >= 11 is 1.48. The molecule has 0 unspecified atom stereocenters. The van der Waals surface area contributed by atoms with Crippen LogP contribution in [-0.4, -0.2) is 57.2 Å². The van der Waals surface area contributed by atoms with Crippen molar-refractivity contribution in [1.82, 2.24) is 24.6 Å². The Kier molecular flexibility index (Phi) is 4.79. The number of likely N-dealkylation sites (tertiary alicyclic amines) is 1. The number of carbonyl (C=O) groups excluding carboxylic acids is 1. The minimum Gasteiger partial charge on any atom is -0.294 e. The number of amides is 1. The fraction of sp³-hybridized carbons (Fsp3) is 0.571. The number of hydrogen-bond acceptors (Lipinski definition) is 6. The number of anilines is 1. The van der Waals surface area contributed by atoms with Crippen molar-refractivity contribution in [2.24, 2.45) is 5.92 Å². The average Bonchev–Trinajstić information content (AvgIpc) is 3.20. The molecule has 0 saturated carbocycles. The SMILES string of the molecule is CN(C(=O)CN1CCC[C@@H](Cn2cncn2)C1)c1nccs1. The summed E-state index contributed by atoms with van der Waals surface area (Å²) in [5.41, 5.74) is 0. The van der Waals surface area contributed by atoms with Crippen LogP contribution in [0, 0.1) is 5.92 Å². The number of aromatic nitrogens is 4. The Labute approximate surface area is 133 Å². The molecule has 3 heterocycles. The third-order valence-electron chi connectivity index (χ3n) is 3.95. The number of hydrogen-bond donors (Lipinski definition) is 0. The molecule has 3 rings (SSSR count). The first-order valence-electron chi connectivity index (χ1n) is 7.43. The molecule has 2 aromatic heterocycles. The fourth-order valence-electron chi connectivity index (χ4n) is 2.82. The zero-order chi connectivity index (χ0) is 15.4. The highest BCUT2D eigenvalue weighted by Crippen LogP contribution is 2.19. The third kappa shape index (κ3) is 3.69. The van der Waals surface area contributed by atoms with Crippen LogP contribution < -0.4 is 4.90 Å². The molecule has 118 valence electrons. The Morgan fingerprint density at radius 1 is 1.55 bits per heavy atom. The molecule has 1 aliphatic heterocycles. The Hall–Kier alpha value is -1.80. The van der Waals surface area contributed by atoms with Gasteiger partial charge in [0.1, 0.15) is 12.7 Å². The molecular formula is C14H20N6OS. The van der Waals surface area contributed by atoms with Gasteiger partial charge in [-0.25, -0.2) is 9.97 Å². The van der Waals surface area contributed by atoms with Crippen molar-refractivity contribution >= 4 is 22.4 Å². The Balaban J connectivity index is 1.52. The molecule has 0 N–H and O–H groups in total. The monoisotopic (exact) mass is 320 g/mol. The lowest BCUT2D eigenvalue weighted by Gasteiger charge is -2.32. The zero-order valence-electron chi connectivity index (χ0n) is 12.6. The third-order valence-corrected chi connectivity index (χ3v) is 4.80. The van der Waals surface area contributed by atoms with Crippen LogP contribution in [0.25, 0.3) is 0 Å². The average molecular weight is 320 g/mol. The predicted molar refractivity (Wildman–Crippen MR) is 84.7 cm³/mol. The second kappa shape index (κ2) is 6.97. The summed E-state index contributed by atoms with van der Waals surface area (Å²) in [6.07, 6.45) is 7.33. The van der Waals surface area contributed by atoms with Gasteiger partial charge in [-0.15, -0.1) is 11.3 Å². The van der Waals surface area contributed by atoms with Crippen LogP contribution in [0.15, 0.2) is 24.2 Å². The highest BCUT2D eigenvalue weighted by molar-refractivity contribution is 7.13. The molecule has 1 aliphatic rings. The number of rotatable bonds is 5. The van der Waals surface area contributed by atoms with E-state index >= 15 is 0 Å². The first kappa shape index (κ1) is 15.1. The maximum absolute atomic E-state index is 12.4. The topological polar surface area (TPSA) is 67.2 Å². The highest BCUT2D eigenvalue weighted by Gasteiger charge is 2.24. The Morgan fingerprint density at radius 2 is 2.45 bits per heavy atom. The second-order valence-corrected chi connectivity index (χ2v) is 6.50. The van der Waals surface area contributed by atoms with Gasteiger partial charge in [-0.1, -0.05) is 0 Å². The van der Waals surface area contributed by atoms with Gasteiger partial charge in [0.15, 0.2) is 5.13 Å². The lowest BCUT2D eigenvalue weighted by atomic mass is 9.98. The summed E-state index contributed by atoms with van der Waals surface area (Å²) in [5, 5.41) is 6.80. The van der Waals surface area contributed by atoms with Crippen molar-refractivity contribution in [3.05, 3.63) is 24.2 Å². The summed E-state index contributed by atoms with van der Waals surface area (Å²) in [5.74, 6) is 0.616. The Bertz CT molecular complexity index is 585. The first-order valence-corrected chi connectivity index (χ1v) is 8.31. The molecule has 1 fully saturated rings. The smallest absolute Gasteiger partial charge is 0.242 e. The largest absolute Gasteiger partial charge is 0.294 e. The molecule has 1 amide bonds. The van der Waals surface area contributed by atoms with Crippen LogP contribution in [0.4, 0.5) is 5.13 Å². The van der Waals surface area contributed by atoms with Gasteiger partial charge in [-0.2, -0.15) is 5.10 Å².